The lowest BCUT2D eigenvalue weighted by molar-refractivity contribution is -0.192. The lowest BCUT2D eigenvalue weighted by Crippen LogP contribution is -2.46. The van der Waals surface area contributed by atoms with Crippen molar-refractivity contribution in [3.63, 3.8) is 0 Å². The van der Waals surface area contributed by atoms with E-state index in [2.05, 4.69) is 10.6 Å². The van der Waals surface area contributed by atoms with Crippen molar-refractivity contribution in [2.75, 3.05) is 5.32 Å². The van der Waals surface area contributed by atoms with Gasteiger partial charge < -0.3 is 21.5 Å². The van der Waals surface area contributed by atoms with E-state index >= 15 is 0 Å². The van der Waals surface area contributed by atoms with Gasteiger partial charge in [0.05, 0.1) is 11.6 Å². The van der Waals surface area contributed by atoms with Crippen LogP contribution in [0, 0.1) is 0 Å². The van der Waals surface area contributed by atoms with E-state index in [0.29, 0.717) is 27.9 Å². The van der Waals surface area contributed by atoms with E-state index in [0.717, 1.165) is 25.7 Å². The summed E-state index contributed by atoms with van der Waals surface area (Å²) in [5.41, 5.74) is 8.17. The number of carboxylic acid groups (broad SMARTS) is 1. The largest absolute Gasteiger partial charge is 0.490 e. The molecular weight excluding hydrogens is 479 g/mol. The third-order valence-corrected chi connectivity index (χ3v) is 6.04. The molecule has 1 amide bonds. The van der Waals surface area contributed by atoms with E-state index in [1.807, 2.05) is 12.1 Å². The molecule has 0 heterocycles. The molecule has 2 aliphatic rings. The third-order valence-electron chi connectivity index (χ3n) is 6.04. The van der Waals surface area contributed by atoms with Crippen LogP contribution < -0.4 is 16.4 Å². The van der Waals surface area contributed by atoms with Gasteiger partial charge >= 0.3 is 12.1 Å². The summed E-state index contributed by atoms with van der Waals surface area (Å²) in [4.78, 5) is 46.7. The van der Waals surface area contributed by atoms with Crippen molar-refractivity contribution in [2.24, 2.45) is 5.73 Å². The van der Waals surface area contributed by atoms with Crippen molar-refractivity contribution in [2.45, 2.75) is 56.9 Å². The van der Waals surface area contributed by atoms with Crippen LogP contribution in [0.1, 0.15) is 64.4 Å². The predicted octanol–water partition coefficient (Wildman–Crippen LogP) is 3.28. The molecular formula is C25H26F3N3O5. The highest BCUT2D eigenvalue weighted by Gasteiger charge is 2.38. The Labute approximate surface area is 205 Å². The molecule has 2 aromatic carbocycles. The molecule has 0 spiro atoms. The lowest BCUT2D eigenvalue weighted by Gasteiger charge is -2.31. The molecule has 0 aliphatic heterocycles. The van der Waals surface area contributed by atoms with Crippen LogP contribution in [-0.4, -0.2) is 52.9 Å². The zero-order valence-corrected chi connectivity index (χ0v) is 19.4. The number of anilines is 1. The number of aliphatic carboxylic acids is 1. The van der Waals surface area contributed by atoms with E-state index in [1.54, 1.807) is 37.3 Å². The summed E-state index contributed by atoms with van der Waals surface area (Å²) in [5, 5.41) is 13.6. The second kappa shape index (κ2) is 10.9. The van der Waals surface area contributed by atoms with Gasteiger partial charge in [-0.1, -0.05) is 36.4 Å². The maximum Gasteiger partial charge on any atom is 0.490 e. The molecule has 0 aromatic heterocycles. The summed E-state index contributed by atoms with van der Waals surface area (Å²) < 4.78 is 31.7. The van der Waals surface area contributed by atoms with Gasteiger partial charge in [0.2, 0.25) is 5.91 Å². The summed E-state index contributed by atoms with van der Waals surface area (Å²) >= 11 is 0. The van der Waals surface area contributed by atoms with Crippen LogP contribution in [0.3, 0.4) is 0 Å². The Morgan fingerprint density at radius 3 is 1.94 bits per heavy atom. The van der Waals surface area contributed by atoms with E-state index in [1.165, 1.54) is 0 Å². The highest BCUT2D eigenvalue weighted by molar-refractivity contribution is 6.30. The fourth-order valence-corrected chi connectivity index (χ4v) is 4.20. The van der Waals surface area contributed by atoms with Crippen LogP contribution in [0.15, 0.2) is 42.5 Å². The van der Waals surface area contributed by atoms with E-state index in [-0.39, 0.29) is 29.6 Å². The Morgan fingerprint density at radius 2 is 1.42 bits per heavy atom. The number of nitrogens with two attached hydrogens (primary N) is 1. The van der Waals surface area contributed by atoms with Gasteiger partial charge in [0.15, 0.2) is 11.6 Å². The van der Waals surface area contributed by atoms with Gasteiger partial charge in [-0.05, 0) is 38.7 Å². The van der Waals surface area contributed by atoms with E-state index in [9.17, 15) is 27.6 Å². The normalized spacial score (nSPS) is 19.7. The number of hydrogen-bond acceptors (Lipinski definition) is 6. The van der Waals surface area contributed by atoms with Gasteiger partial charge in [-0.25, -0.2) is 4.79 Å². The third kappa shape index (κ3) is 6.09. The van der Waals surface area contributed by atoms with Crippen molar-refractivity contribution >= 4 is 29.1 Å². The topological polar surface area (TPSA) is 139 Å². The average molecular weight is 505 g/mol. The van der Waals surface area contributed by atoms with Crippen LogP contribution in [0.5, 0.6) is 0 Å². The molecule has 1 saturated carbocycles. The Hall–Kier alpha value is -3.73. The molecule has 0 radical (unpaired) electrons. The molecule has 0 saturated heterocycles. The minimum absolute atomic E-state index is 0.110. The number of carbonyl (C=O) groups is 4. The molecule has 1 atom stereocenters. The number of ketones is 2. The molecule has 2 aliphatic carbocycles. The lowest BCUT2D eigenvalue weighted by atomic mass is 9.83. The van der Waals surface area contributed by atoms with Gasteiger partial charge in [0.25, 0.3) is 0 Å². The Bertz CT molecular complexity index is 1170. The highest BCUT2D eigenvalue weighted by atomic mass is 19.4. The summed E-state index contributed by atoms with van der Waals surface area (Å²) in [5.74, 6) is -3.11. The van der Waals surface area contributed by atoms with Crippen LogP contribution >= 0.6 is 0 Å². The molecule has 2 aromatic rings. The van der Waals surface area contributed by atoms with Gasteiger partial charge in [0.1, 0.15) is 0 Å². The predicted molar refractivity (Wildman–Crippen MR) is 125 cm³/mol. The first-order chi connectivity index (χ1) is 16.9. The number of amides is 1. The molecule has 1 fully saturated rings. The molecule has 0 unspecified atom stereocenters. The number of rotatable bonds is 4. The first-order valence-electron chi connectivity index (χ1n) is 11.3. The molecule has 8 nitrogen and oxygen atoms in total. The quantitative estimate of drug-likeness (QED) is 0.427. The number of halogens is 3. The monoisotopic (exact) mass is 505 g/mol. The number of carboxylic acids is 1. The number of alkyl halides is 3. The van der Waals surface area contributed by atoms with Gasteiger partial charge in [-0.3, -0.25) is 14.4 Å². The molecule has 0 bridgehead atoms. The zero-order chi connectivity index (χ0) is 26.6. The standard InChI is InChI=1S/C23H25N3O3.C2HF3O2/c1-13(24)23(29)26-15-11-9-14(10-12-15)25-19-8-4-7-18-20(19)22(28)17-6-3-2-5-16(17)21(18)27;3-2(4,5)1(6)7/h2-8,13-15,25H,9-12,24H2,1H3,(H,26,29);(H,6,7)/t13-,14?,15?;/m1./s1. The second-order valence-electron chi connectivity index (χ2n) is 8.73. The fourth-order valence-electron chi connectivity index (χ4n) is 4.20. The summed E-state index contributed by atoms with van der Waals surface area (Å²) in [6.45, 7) is 1.68. The van der Waals surface area contributed by atoms with Crippen molar-refractivity contribution in [1.82, 2.24) is 5.32 Å². The molecule has 4 rings (SSSR count). The maximum atomic E-state index is 13.1. The Balaban J connectivity index is 0.000000454. The van der Waals surface area contributed by atoms with Crippen molar-refractivity contribution in [3.8, 4) is 0 Å². The van der Waals surface area contributed by atoms with Crippen molar-refractivity contribution in [3.05, 3.63) is 64.7 Å². The van der Waals surface area contributed by atoms with Gasteiger partial charge in [-0.2, -0.15) is 13.2 Å². The molecule has 11 heteroatoms. The smallest absolute Gasteiger partial charge is 0.475 e. The van der Waals surface area contributed by atoms with Crippen molar-refractivity contribution < 1.29 is 37.5 Å². The molecule has 5 N–H and O–H groups in total. The number of nitrogens with one attached hydrogen (secondary N) is 2. The SMILES string of the molecule is C[C@@H](N)C(=O)NC1CCC(Nc2cccc3c2C(=O)c2ccccc2C3=O)CC1.O=C(O)C(F)(F)F. The Morgan fingerprint density at radius 1 is 0.917 bits per heavy atom. The number of carbonyl (C=O) groups excluding carboxylic acids is 3. The van der Waals surface area contributed by atoms with Gasteiger partial charge in [-0.15, -0.1) is 0 Å². The minimum Gasteiger partial charge on any atom is -0.475 e. The number of benzene rings is 2. The summed E-state index contributed by atoms with van der Waals surface area (Å²) in [7, 11) is 0. The van der Waals surface area contributed by atoms with Crippen LogP contribution in [-0.2, 0) is 9.59 Å². The first kappa shape index (κ1) is 26.9. The van der Waals surface area contributed by atoms with E-state index in [4.69, 9.17) is 15.6 Å². The molecule has 192 valence electrons. The van der Waals surface area contributed by atoms with E-state index < -0.39 is 18.2 Å². The van der Waals surface area contributed by atoms with Gasteiger partial charge in [0, 0.05) is 34.5 Å². The number of fused-ring (bicyclic) bond motifs is 2. The van der Waals surface area contributed by atoms with Crippen LogP contribution in [0.25, 0.3) is 0 Å². The summed E-state index contributed by atoms with van der Waals surface area (Å²) in [6, 6.07) is 12.2. The van der Waals surface area contributed by atoms with Crippen LogP contribution in [0.2, 0.25) is 0 Å². The number of hydrogen-bond donors (Lipinski definition) is 4. The molecule has 36 heavy (non-hydrogen) atoms. The first-order valence-corrected chi connectivity index (χ1v) is 11.3. The average Bonchev–Trinajstić information content (AvgIpc) is 2.83. The minimum atomic E-state index is -5.08. The highest BCUT2D eigenvalue weighted by Crippen LogP contribution is 2.33. The fraction of sp³-hybridized carbons (Fsp3) is 0.360. The van der Waals surface area contributed by atoms with Crippen molar-refractivity contribution in [1.29, 1.82) is 0 Å². The van der Waals surface area contributed by atoms with Crippen LogP contribution in [0.4, 0.5) is 18.9 Å². The summed E-state index contributed by atoms with van der Waals surface area (Å²) in [6.07, 6.45) is -1.65. The zero-order valence-electron chi connectivity index (χ0n) is 19.4. The maximum absolute atomic E-state index is 13.1. The Kier molecular flexibility index (Phi) is 8.13. The second-order valence-corrected chi connectivity index (χ2v) is 8.73.